The number of nitrogens with one attached hydrogen (secondary N) is 2. The average molecular weight is 725 g/mol. The quantitative estimate of drug-likeness (QED) is 0.109. The number of methoxy groups -OCH3 is 1. The number of likely N-dealkylation sites (tertiary alicyclic amines) is 1. The number of carboxylic acid groups (broad SMARTS) is 1. The first-order valence-corrected chi connectivity index (χ1v) is 18.2. The Hall–Kier alpha value is -6.16. The molecule has 276 valence electrons. The number of nitrogens with zero attached hydrogens (tertiary/aromatic N) is 2. The zero-order valence-electron chi connectivity index (χ0n) is 30.6. The molecule has 2 fully saturated rings. The molecule has 0 radical (unpaired) electrons. The van der Waals surface area contributed by atoms with Gasteiger partial charge in [-0.3, -0.25) is 9.59 Å². The molecule has 54 heavy (non-hydrogen) atoms. The van der Waals surface area contributed by atoms with E-state index in [1.165, 1.54) is 0 Å². The zero-order chi connectivity index (χ0) is 38.0. The summed E-state index contributed by atoms with van der Waals surface area (Å²) in [5, 5.41) is 17.1. The third-order valence-electron chi connectivity index (χ3n) is 10.4. The third kappa shape index (κ3) is 7.24. The Balaban J connectivity index is 1.21. The van der Waals surface area contributed by atoms with Gasteiger partial charge in [-0.15, -0.1) is 6.58 Å². The molecule has 7 rings (SSSR count). The number of carbonyl (C=O) groups is 3. The lowest BCUT2D eigenvalue weighted by Crippen LogP contribution is -2.55. The smallest absolute Gasteiger partial charge is 0.330 e. The fourth-order valence-corrected chi connectivity index (χ4v) is 7.32. The highest BCUT2D eigenvalue weighted by Crippen LogP contribution is 2.45. The van der Waals surface area contributed by atoms with Crippen LogP contribution in [0.2, 0.25) is 0 Å². The van der Waals surface area contributed by atoms with Gasteiger partial charge in [-0.1, -0.05) is 92.7 Å². The van der Waals surface area contributed by atoms with Gasteiger partial charge in [0, 0.05) is 41.1 Å². The van der Waals surface area contributed by atoms with Crippen molar-refractivity contribution in [1.29, 1.82) is 0 Å². The summed E-state index contributed by atoms with van der Waals surface area (Å²) in [6.07, 6.45) is 1.35. The van der Waals surface area contributed by atoms with Crippen LogP contribution in [0.4, 0.5) is 5.69 Å². The summed E-state index contributed by atoms with van der Waals surface area (Å²) in [5.41, 5.74) is 3.62. The lowest BCUT2D eigenvalue weighted by atomic mass is 10.0. The fraction of sp³-hybridized carbons (Fsp3) is 0.273. The second-order valence-electron chi connectivity index (χ2n) is 14.4. The average Bonchev–Trinajstić information content (AvgIpc) is 3.76. The predicted octanol–water partition coefficient (Wildman–Crippen LogP) is 7.21. The van der Waals surface area contributed by atoms with Gasteiger partial charge in [0.05, 0.1) is 24.9 Å². The molecule has 5 atom stereocenters. The van der Waals surface area contributed by atoms with Gasteiger partial charge in [-0.05, 0) is 47.7 Å². The molecule has 1 saturated carbocycles. The second kappa shape index (κ2) is 15.1. The number of carboxylic acids is 1. The summed E-state index contributed by atoms with van der Waals surface area (Å²) in [5.74, 6) is -1.32. The van der Waals surface area contributed by atoms with Gasteiger partial charge in [-0.25, -0.2) is 9.78 Å². The summed E-state index contributed by atoms with van der Waals surface area (Å²) < 4.78 is 12.2. The van der Waals surface area contributed by atoms with Gasteiger partial charge in [0.15, 0.2) is 0 Å². The fourth-order valence-electron chi connectivity index (χ4n) is 7.32. The van der Waals surface area contributed by atoms with E-state index in [4.69, 9.17) is 14.5 Å². The van der Waals surface area contributed by atoms with E-state index in [0.717, 1.165) is 27.8 Å². The monoisotopic (exact) mass is 724 g/mol. The van der Waals surface area contributed by atoms with Crippen molar-refractivity contribution >= 4 is 34.4 Å². The van der Waals surface area contributed by atoms with Gasteiger partial charge < -0.3 is 30.1 Å². The first-order valence-electron chi connectivity index (χ1n) is 18.2. The van der Waals surface area contributed by atoms with Crippen LogP contribution in [0.25, 0.3) is 33.3 Å². The van der Waals surface area contributed by atoms with Crippen LogP contribution in [0.15, 0.2) is 122 Å². The largest absolute Gasteiger partial charge is 0.497 e. The second-order valence-corrected chi connectivity index (χ2v) is 14.4. The van der Waals surface area contributed by atoms with Crippen molar-refractivity contribution < 1.29 is 29.0 Å². The van der Waals surface area contributed by atoms with Crippen LogP contribution in [0.5, 0.6) is 11.5 Å². The maximum absolute atomic E-state index is 14.7. The maximum Gasteiger partial charge on any atom is 0.330 e. The van der Waals surface area contributed by atoms with E-state index in [1.807, 2.05) is 123 Å². The number of carbonyl (C=O) groups excluding carboxylic acids is 2. The Morgan fingerprint density at radius 3 is 2.28 bits per heavy atom. The normalized spacial score (nSPS) is 21.0. The van der Waals surface area contributed by atoms with Crippen LogP contribution >= 0.6 is 0 Å². The topological polar surface area (TPSA) is 130 Å². The minimum atomic E-state index is -1.45. The van der Waals surface area contributed by atoms with Crippen LogP contribution in [0.1, 0.15) is 26.7 Å². The van der Waals surface area contributed by atoms with Crippen LogP contribution < -0.4 is 20.1 Å². The molecule has 10 nitrogen and oxygen atoms in total. The Bertz CT molecular complexity index is 2190. The number of hydrogen-bond donors (Lipinski definition) is 3. The molecule has 2 aliphatic rings. The van der Waals surface area contributed by atoms with Crippen molar-refractivity contribution in [2.45, 2.75) is 50.4 Å². The highest BCUT2D eigenvalue weighted by molar-refractivity contribution is 5.96. The van der Waals surface area contributed by atoms with E-state index in [2.05, 4.69) is 17.2 Å². The molecular formula is C44H44N4O6. The first-order chi connectivity index (χ1) is 26.1. The molecule has 1 saturated heterocycles. The van der Waals surface area contributed by atoms with Crippen molar-refractivity contribution in [3.05, 3.63) is 122 Å². The van der Waals surface area contributed by atoms with Crippen LogP contribution in [0.3, 0.4) is 0 Å². The molecule has 10 heteroatoms. The lowest BCUT2D eigenvalue weighted by Gasteiger charge is -2.31. The summed E-state index contributed by atoms with van der Waals surface area (Å²) in [7, 11) is 1.60. The van der Waals surface area contributed by atoms with Crippen molar-refractivity contribution in [2.24, 2.45) is 11.8 Å². The number of amides is 2. The number of rotatable bonds is 13. The first kappa shape index (κ1) is 36.2. The standard InChI is InChI=1S/C44H44N4O6/c1-5-31-25-44(31,43(51)52)47-41(49)38-23-34(54-39-24-36(29-15-10-7-11-16-29)46-37-22-33(53-4)19-20-35(37)39)26-48(38)42(50)40(27(2)3)45-32-18-12-17-30(21-32)28-13-8-6-9-14-28/h5-22,24,27,31,34,38,40,45H,1,23,25-26H2,2-4H3,(H,47,49)(H,51,52)/t31-,34+,38-,40-,44?/m0/s1. The van der Waals surface area contributed by atoms with Crippen molar-refractivity contribution in [2.75, 3.05) is 19.0 Å². The Morgan fingerprint density at radius 1 is 0.926 bits per heavy atom. The van der Waals surface area contributed by atoms with E-state index in [-0.39, 0.29) is 31.2 Å². The Kier molecular flexibility index (Phi) is 10.1. The van der Waals surface area contributed by atoms with Gasteiger partial charge >= 0.3 is 5.97 Å². The number of benzene rings is 4. The highest BCUT2D eigenvalue weighted by atomic mass is 16.5. The van der Waals surface area contributed by atoms with Crippen LogP contribution in [0, 0.1) is 11.8 Å². The van der Waals surface area contributed by atoms with Gasteiger partial charge in [0.25, 0.3) is 0 Å². The maximum atomic E-state index is 14.7. The molecule has 2 amide bonds. The van der Waals surface area contributed by atoms with Crippen molar-refractivity contribution in [3.8, 4) is 33.9 Å². The molecule has 1 aliphatic heterocycles. The summed E-state index contributed by atoms with van der Waals surface area (Å²) >= 11 is 0. The number of aromatic nitrogens is 1. The number of aliphatic carboxylic acids is 1. The molecule has 1 aliphatic carbocycles. The van der Waals surface area contributed by atoms with Crippen LogP contribution in [-0.2, 0) is 14.4 Å². The third-order valence-corrected chi connectivity index (χ3v) is 10.4. The van der Waals surface area contributed by atoms with E-state index in [1.54, 1.807) is 18.1 Å². The van der Waals surface area contributed by atoms with E-state index < -0.39 is 41.5 Å². The molecule has 1 aromatic heterocycles. The van der Waals surface area contributed by atoms with Crippen LogP contribution in [-0.4, -0.2) is 70.2 Å². The zero-order valence-corrected chi connectivity index (χ0v) is 30.6. The number of anilines is 1. The minimum Gasteiger partial charge on any atom is -0.497 e. The molecule has 4 aromatic carbocycles. The Labute approximate surface area is 314 Å². The van der Waals surface area contributed by atoms with Crippen molar-refractivity contribution in [1.82, 2.24) is 15.2 Å². The minimum absolute atomic E-state index is 0.109. The summed E-state index contributed by atoms with van der Waals surface area (Å²) in [4.78, 5) is 47.7. The van der Waals surface area contributed by atoms with E-state index >= 15 is 0 Å². The summed E-state index contributed by atoms with van der Waals surface area (Å²) in [6.45, 7) is 7.78. The molecule has 2 heterocycles. The van der Waals surface area contributed by atoms with Crippen molar-refractivity contribution in [3.63, 3.8) is 0 Å². The van der Waals surface area contributed by atoms with Gasteiger partial charge in [-0.2, -0.15) is 0 Å². The number of hydrogen-bond acceptors (Lipinski definition) is 7. The number of fused-ring (bicyclic) bond motifs is 1. The highest BCUT2D eigenvalue weighted by Gasteiger charge is 2.61. The molecule has 0 bridgehead atoms. The van der Waals surface area contributed by atoms with E-state index in [9.17, 15) is 19.5 Å². The van der Waals surface area contributed by atoms with Gasteiger partial charge in [0.2, 0.25) is 11.8 Å². The Morgan fingerprint density at radius 2 is 1.63 bits per heavy atom. The van der Waals surface area contributed by atoms with E-state index in [0.29, 0.717) is 22.7 Å². The molecule has 3 N–H and O–H groups in total. The predicted molar refractivity (Wildman–Crippen MR) is 209 cm³/mol. The summed E-state index contributed by atoms with van der Waals surface area (Å²) in [6, 6.07) is 33.4. The number of pyridine rings is 1. The lowest BCUT2D eigenvalue weighted by molar-refractivity contribution is -0.145. The SMILES string of the molecule is C=C[C@H]1CC1(NC(=O)[C@@H]1C[C@@H](Oc2cc(-c3ccccc3)nc3cc(OC)ccc23)CN1C(=O)[C@@H](Nc1cccc(-c2ccccc2)c1)C(C)C)C(=O)O. The van der Waals surface area contributed by atoms with Gasteiger partial charge in [0.1, 0.15) is 35.2 Å². The molecule has 1 unspecified atom stereocenters. The molecule has 5 aromatic rings. The molecular weight excluding hydrogens is 681 g/mol. The molecule has 0 spiro atoms. The number of ether oxygens (including phenoxy) is 2.